The summed E-state index contributed by atoms with van der Waals surface area (Å²) in [6.45, 7) is 2.21. The summed E-state index contributed by atoms with van der Waals surface area (Å²) in [5, 5.41) is 10.9. The summed E-state index contributed by atoms with van der Waals surface area (Å²) in [6, 6.07) is 26.4. The smallest absolute Gasteiger partial charge is 0.0776 e. The third kappa shape index (κ3) is 2.68. The van der Waals surface area contributed by atoms with Crippen molar-refractivity contribution in [3.8, 4) is 0 Å². The van der Waals surface area contributed by atoms with Crippen molar-refractivity contribution in [1.82, 2.24) is 0 Å². The zero-order chi connectivity index (χ0) is 17.2. The van der Waals surface area contributed by atoms with Gasteiger partial charge in [0.15, 0.2) is 0 Å². The van der Waals surface area contributed by atoms with E-state index in [0.29, 0.717) is 0 Å². The van der Waals surface area contributed by atoms with Crippen LogP contribution in [-0.2, 0) is 0 Å². The lowest BCUT2D eigenvalue weighted by molar-refractivity contribution is 1.47. The molecule has 5 aromatic rings. The predicted molar refractivity (Wildman–Crippen MR) is 121 cm³/mol. The molecule has 0 aromatic heterocycles. The van der Waals surface area contributed by atoms with Gasteiger partial charge in [-0.05, 0) is 43.1 Å². The molecule has 0 spiro atoms. The van der Waals surface area contributed by atoms with Crippen molar-refractivity contribution < 1.29 is 0 Å². The topological polar surface area (TPSA) is 0 Å². The summed E-state index contributed by atoms with van der Waals surface area (Å²) < 4.78 is 0. The molecule has 25 heavy (non-hydrogen) atoms. The highest BCUT2D eigenvalue weighted by molar-refractivity contribution is 7.23. The fourth-order valence-corrected chi connectivity index (χ4v) is 3.93. The Hall–Kier alpha value is -2.41. The molecule has 0 saturated heterocycles. The molecule has 0 fully saturated rings. The summed E-state index contributed by atoms with van der Waals surface area (Å²) in [4.78, 5) is 0. The lowest BCUT2D eigenvalue weighted by Gasteiger charge is -2.13. The minimum atomic E-state index is 1.33. The van der Waals surface area contributed by atoms with Gasteiger partial charge in [-0.25, -0.2) is 0 Å². The Kier molecular flexibility index (Phi) is 4.40. The molecule has 0 radical (unpaired) electrons. The van der Waals surface area contributed by atoms with Crippen molar-refractivity contribution in [1.29, 1.82) is 0 Å². The van der Waals surface area contributed by atoms with Crippen LogP contribution in [-0.4, -0.2) is 22.0 Å². The van der Waals surface area contributed by atoms with Crippen molar-refractivity contribution >= 4 is 65.1 Å². The highest BCUT2D eigenvalue weighted by atomic mass is 14.1. The SMILES string of the molecule is BBBCC.c1cc2cccc3c4cccc5cccc(c(c1)c23)c54. The third-order valence-electron chi connectivity index (χ3n) is 5.10. The van der Waals surface area contributed by atoms with Gasteiger partial charge in [0, 0.05) is 0 Å². The van der Waals surface area contributed by atoms with Gasteiger partial charge in [-0.3, -0.25) is 0 Å². The van der Waals surface area contributed by atoms with Gasteiger partial charge in [0.2, 0.25) is 0 Å². The average Bonchev–Trinajstić information content (AvgIpc) is 2.67. The molecular formula is C22H21B3. The lowest BCUT2D eigenvalue weighted by Crippen LogP contribution is -1.98. The molecule has 3 heteroatoms. The second kappa shape index (κ2) is 6.84. The first-order valence-electron chi connectivity index (χ1n) is 9.39. The van der Waals surface area contributed by atoms with Gasteiger partial charge >= 0.3 is 0 Å². The van der Waals surface area contributed by atoms with Crippen molar-refractivity contribution in [2.75, 3.05) is 0 Å². The first-order valence-corrected chi connectivity index (χ1v) is 9.39. The Morgan fingerprint density at radius 2 is 1.00 bits per heavy atom. The second-order valence-electron chi connectivity index (χ2n) is 6.77. The van der Waals surface area contributed by atoms with E-state index in [1.807, 2.05) is 0 Å². The average molecular weight is 318 g/mol. The van der Waals surface area contributed by atoms with Crippen LogP contribution in [0.25, 0.3) is 43.1 Å². The Morgan fingerprint density at radius 1 is 0.640 bits per heavy atom. The summed E-state index contributed by atoms with van der Waals surface area (Å²) in [6.07, 6.45) is 1.34. The van der Waals surface area contributed by atoms with Gasteiger partial charge in [0.1, 0.15) is 0 Å². The molecule has 0 N–H and O–H groups in total. The molecule has 0 aliphatic heterocycles. The summed E-state index contributed by atoms with van der Waals surface area (Å²) in [5.74, 6) is 0. The van der Waals surface area contributed by atoms with E-state index in [2.05, 4.69) is 87.5 Å². The van der Waals surface area contributed by atoms with Gasteiger partial charge < -0.3 is 0 Å². The maximum absolute atomic E-state index is 2.25. The largest absolute Gasteiger partial charge is 0.0881 e. The Labute approximate surface area is 151 Å². The zero-order valence-electron chi connectivity index (χ0n) is 15.0. The van der Waals surface area contributed by atoms with Crippen LogP contribution in [0.15, 0.2) is 72.8 Å². The van der Waals surface area contributed by atoms with Crippen LogP contribution in [0.2, 0.25) is 6.32 Å². The third-order valence-corrected chi connectivity index (χ3v) is 5.10. The van der Waals surface area contributed by atoms with Crippen LogP contribution in [0.4, 0.5) is 0 Å². The van der Waals surface area contributed by atoms with Crippen LogP contribution in [0, 0.1) is 0 Å². The second-order valence-corrected chi connectivity index (χ2v) is 6.77. The maximum Gasteiger partial charge on any atom is 0.0776 e. The van der Waals surface area contributed by atoms with Gasteiger partial charge in [-0.2, -0.15) is 0 Å². The predicted octanol–water partition coefficient (Wildman–Crippen LogP) is 4.50. The Balaban J connectivity index is 0.000000280. The van der Waals surface area contributed by atoms with Crippen molar-refractivity contribution in [3.05, 3.63) is 72.8 Å². The number of rotatable bonds is 2. The van der Waals surface area contributed by atoms with Crippen LogP contribution in [0.1, 0.15) is 6.92 Å². The Morgan fingerprint density at radius 3 is 1.24 bits per heavy atom. The van der Waals surface area contributed by atoms with Crippen LogP contribution in [0.5, 0.6) is 0 Å². The minimum Gasteiger partial charge on any atom is -0.0881 e. The normalized spacial score (nSPS) is 10.9. The van der Waals surface area contributed by atoms with E-state index in [1.54, 1.807) is 0 Å². The van der Waals surface area contributed by atoms with Crippen molar-refractivity contribution in [2.24, 2.45) is 0 Å². The lowest BCUT2D eigenvalue weighted by atomic mass is 9.27. The first kappa shape index (κ1) is 16.1. The van der Waals surface area contributed by atoms with Gasteiger partial charge in [0.05, 0.1) is 22.0 Å². The molecule has 5 rings (SSSR count). The molecule has 0 aliphatic carbocycles. The maximum atomic E-state index is 2.25. The number of hydrogen-bond donors (Lipinski definition) is 0. The van der Waals surface area contributed by atoms with E-state index in [0.717, 1.165) is 0 Å². The summed E-state index contributed by atoms with van der Waals surface area (Å²) >= 11 is 0. The number of benzene rings is 5. The molecule has 0 atom stereocenters. The molecular weight excluding hydrogens is 297 g/mol. The Bertz CT molecular complexity index is 976. The molecule has 118 valence electrons. The fraction of sp³-hybridized carbons (Fsp3) is 0.0909. The van der Waals surface area contributed by atoms with Gasteiger partial charge in [-0.1, -0.05) is 86.0 Å². The molecule has 0 unspecified atom stereocenters. The number of fused-ring (bicyclic) bond motifs is 2. The monoisotopic (exact) mass is 318 g/mol. The van der Waals surface area contributed by atoms with Crippen molar-refractivity contribution in [2.45, 2.75) is 13.2 Å². The van der Waals surface area contributed by atoms with E-state index in [4.69, 9.17) is 0 Å². The zero-order valence-corrected chi connectivity index (χ0v) is 15.0. The van der Waals surface area contributed by atoms with Crippen LogP contribution in [0.3, 0.4) is 0 Å². The molecule has 0 bridgehead atoms. The quantitative estimate of drug-likeness (QED) is 0.255. The highest BCUT2D eigenvalue weighted by Gasteiger charge is 2.11. The summed E-state index contributed by atoms with van der Waals surface area (Å²) in [5.41, 5.74) is 0. The van der Waals surface area contributed by atoms with Gasteiger partial charge in [-0.15, -0.1) is 0 Å². The van der Waals surface area contributed by atoms with E-state index in [1.165, 1.54) is 63.6 Å². The van der Waals surface area contributed by atoms with Crippen LogP contribution >= 0.6 is 0 Å². The first-order chi connectivity index (χ1) is 12.3. The summed E-state index contributed by atoms with van der Waals surface area (Å²) in [7, 11) is 4.94. The standard InChI is InChI=1S/C20H12.C2H9B3/c1-5-13-6-2-11-17-18-12-4-8-14-7-3-10-16(20(14)18)15(9-1)19(13)17;1-2-4-5-3/h1-12H;4-5H,2-3H2,1H3. The fourth-order valence-electron chi connectivity index (χ4n) is 3.93. The van der Waals surface area contributed by atoms with Crippen LogP contribution < -0.4 is 0 Å². The van der Waals surface area contributed by atoms with E-state index < -0.39 is 0 Å². The molecule has 0 amide bonds. The molecule has 0 aliphatic rings. The van der Waals surface area contributed by atoms with E-state index in [-0.39, 0.29) is 0 Å². The minimum absolute atomic E-state index is 1.33. The van der Waals surface area contributed by atoms with Gasteiger partial charge in [0.25, 0.3) is 0 Å². The number of hydrogen-bond acceptors (Lipinski definition) is 0. The molecule has 0 heterocycles. The molecule has 0 nitrogen and oxygen atoms in total. The molecule has 5 aromatic carbocycles. The van der Waals surface area contributed by atoms with E-state index in [9.17, 15) is 0 Å². The molecule has 0 saturated carbocycles. The van der Waals surface area contributed by atoms with E-state index >= 15 is 0 Å². The highest BCUT2D eigenvalue weighted by Crippen LogP contribution is 2.39. The van der Waals surface area contributed by atoms with Crippen molar-refractivity contribution in [3.63, 3.8) is 0 Å².